The first-order valence-corrected chi connectivity index (χ1v) is 5.14. The average molecular weight is 230 g/mol. The molecule has 1 saturated heterocycles. The molecular formula is C11H13F3N2. The Morgan fingerprint density at radius 2 is 1.81 bits per heavy atom. The van der Waals surface area contributed by atoms with Crippen molar-refractivity contribution in [1.82, 2.24) is 0 Å². The number of hydrogen-bond donors (Lipinski definition) is 1. The Labute approximate surface area is 91.8 Å². The first-order valence-electron chi connectivity index (χ1n) is 5.14. The second kappa shape index (κ2) is 3.88. The highest BCUT2D eigenvalue weighted by Gasteiger charge is 2.43. The zero-order valence-electron chi connectivity index (χ0n) is 8.67. The van der Waals surface area contributed by atoms with E-state index in [-0.39, 0.29) is 13.0 Å². The molecule has 1 atom stereocenters. The smallest absolute Gasteiger partial charge is 0.393 e. The minimum Gasteiger partial charge on any atom is -0.399 e. The van der Waals surface area contributed by atoms with Gasteiger partial charge in [0.05, 0.1) is 5.92 Å². The molecule has 2 rings (SSSR count). The summed E-state index contributed by atoms with van der Waals surface area (Å²) in [5.74, 6) is -1.20. The lowest BCUT2D eigenvalue weighted by atomic mass is 10.1. The highest BCUT2D eigenvalue weighted by atomic mass is 19.4. The fourth-order valence-corrected chi connectivity index (χ4v) is 1.95. The van der Waals surface area contributed by atoms with Crippen LogP contribution in [-0.2, 0) is 0 Å². The predicted molar refractivity (Wildman–Crippen MR) is 57.2 cm³/mol. The van der Waals surface area contributed by atoms with Gasteiger partial charge in [-0.05, 0) is 30.7 Å². The molecule has 1 aliphatic rings. The summed E-state index contributed by atoms with van der Waals surface area (Å²) in [6.07, 6.45) is -3.91. The van der Waals surface area contributed by atoms with Gasteiger partial charge in [-0.15, -0.1) is 0 Å². The molecule has 16 heavy (non-hydrogen) atoms. The minimum absolute atomic E-state index is 0.0490. The van der Waals surface area contributed by atoms with E-state index in [0.717, 1.165) is 5.69 Å². The van der Waals surface area contributed by atoms with Gasteiger partial charge in [-0.3, -0.25) is 0 Å². The summed E-state index contributed by atoms with van der Waals surface area (Å²) in [6, 6.07) is 6.93. The topological polar surface area (TPSA) is 29.3 Å². The Morgan fingerprint density at radius 3 is 2.31 bits per heavy atom. The number of rotatable bonds is 1. The predicted octanol–water partition coefficient (Wildman–Crippen LogP) is 2.66. The van der Waals surface area contributed by atoms with Crippen LogP contribution in [0.1, 0.15) is 6.42 Å². The molecule has 1 aromatic carbocycles. The van der Waals surface area contributed by atoms with Crippen LogP contribution < -0.4 is 10.6 Å². The first-order chi connectivity index (χ1) is 7.47. The zero-order chi connectivity index (χ0) is 11.8. The Morgan fingerprint density at radius 1 is 1.19 bits per heavy atom. The van der Waals surface area contributed by atoms with Crippen molar-refractivity contribution in [3.05, 3.63) is 24.3 Å². The number of nitrogen functional groups attached to an aromatic ring is 1. The molecule has 1 fully saturated rings. The quantitative estimate of drug-likeness (QED) is 0.751. The van der Waals surface area contributed by atoms with Crippen LogP contribution in [0.5, 0.6) is 0 Å². The average Bonchev–Trinajstić information content (AvgIpc) is 2.67. The molecule has 0 saturated carbocycles. The second-order valence-corrected chi connectivity index (χ2v) is 4.06. The zero-order valence-corrected chi connectivity index (χ0v) is 8.67. The Hall–Kier alpha value is -1.39. The van der Waals surface area contributed by atoms with Gasteiger partial charge in [0.15, 0.2) is 0 Å². The van der Waals surface area contributed by atoms with Crippen molar-refractivity contribution in [3.8, 4) is 0 Å². The van der Waals surface area contributed by atoms with Gasteiger partial charge in [0.2, 0.25) is 0 Å². The number of anilines is 2. The van der Waals surface area contributed by atoms with Crippen molar-refractivity contribution in [3.63, 3.8) is 0 Å². The molecule has 1 aromatic rings. The van der Waals surface area contributed by atoms with Crippen molar-refractivity contribution >= 4 is 11.4 Å². The summed E-state index contributed by atoms with van der Waals surface area (Å²) in [5, 5.41) is 0. The monoisotopic (exact) mass is 230 g/mol. The van der Waals surface area contributed by atoms with Gasteiger partial charge >= 0.3 is 6.18 Å². The van der Waals surface area contributed by atoms with Crippen molar-refractivity contribution in [1.29, 1.82) is 0 Å². The van der Waals surface area contributed by atoms with E-state index in [4.69, 9.17) is 5.73 Å². The Balaban J connectivity index is 2.06. The summed E-state index contributed by atoms with van der Waals surface area (Å²) < 4.78 is 37.4. The summed E-state index contributed by atoms with van der Waals surface area (Å²) in [4.78, 5) is 1.75. The maximum Gasteiger partial charge on any atom is 0.393 e. The van der Waals surface area contributed by atoms with E-state index in [9.17, 15) is 13.2 Å². The largest absolute Gasteiger partial charge is 0.399 e. The third kappa shape index (κ3) is 2.23. The van der Waals surface area contributed by atoms with Crippen molar-refractivity contribution < 1.29 is 13.2 Å². The molecule has 88 valence electrons. The fraction of sp³-hybridized carbons (Fsp3) is 0.455. The standard InChI is InChI=1S/C11H13F3N2/c12-11(13,14)8-5-6-16(7-8)10-3-1-9(15)2-4-10/h1-4,8H,5-7,15H2/t8-/m1/s1. The van der Waals surface area contributed by atoms with Crippen molar-refractivity contribution in [2.45, 2.75) is 12.6 Å². The van der Waals surface area contributed by atoms with Crippen molar-refractivity contribution in [2.24, 2.45) is 5.92 Å². The summed E-state index contributed by atoms with van der Waals surface area (Å²) >= 11 is 0. The van der Waals surface area contributed by atoms with E-state index in [1.54, 1.807) is 29.2 Å². The number of benzene rings is 1. The summed E-state index contributed by atoms with van der Waals surface area (Å²) in [5.41, 5.74) is 6.95. The van der Waals surface area contributed by atoms with Crippen LogP contribution in [0, 0.1) is 5.92 Å². The van der Waals surface area contributed by atoms with Gasteiger partial charge < -0.3 is 10.6 Å². The molecule has 1 heterocycles. The van der Waals surface area contributed by atoms with Crippen LogP contribution in [0.2, 0.25) is 0 Å². The molecule has 0 unspecified atom stereocenters. The number of hydrogen-bond acceptors (Lipinski definition) is 2. The number of nitrogens with two attached hydrogens (primary N) is 1. The maximum atomic E-state index is 12.5. The SMILES string of the molecule is Nc1ccc(N2CC[C@@H](C(F)(F)F)C2)cc1. The lowest BCUT2D eigenvalue weighted by Crippen LogP contribution is -2.27. The minimum atomic E-state index is -4.08. The molecule has 2 N–H and O–H groups in total. The molecule has 2 nitrogen and oxygen atoms in total. The molecule has 1 aliphatic heterocycles. The van der Waals surface area contributed by atoms with Gasteiger partial charge in [0, 0.05) is 24.5 Å². The third-order valence-electron chi connectivity index (χ3n) is 2.91. The van der Waals surface area contributed by atoms with Crippen LogP contribution in [0.25, 0.3) is 0 Å². The molecule has 5 heteroatoms. The number of halogens is 3. The van der Waals surface area contributed by atoms with Crippen LogP contribution in [-0.4, -0.2) is 19.3 Å². The normalized spacial score (nSPS) is 21.4. The van der Waals surface area contributed by atoms with Gasteiger partial charge in [0.25, 0.3) is 0 Å². The molecule has 0 radical (unpaired) electrons. The molecule has 0 bridgehead atoms. The molecular weight excluding hydrogens is 217 g/mol. The van der Waals surface area contributed by atoms with E-state index in [0.29, 0.717) is 12.2 Å². The van der Waals surface area contributed by atoms with Crippen LogP contribution in [0.4, 0.5) is 24.5 Å². The van der Waals surface area contributed by atoms with E-state index in [2.05, 4.69) is 0 Å². The highest BCUT2D eigenvalue weighted by molar-refractivity contribution is 5.53. The van der Waals surface area contributed by atoms with Gasteiger partial charge in [-0.1, -0.05) is 0 Å². The lowest BCUT2D eigenvalue weighted by Gasteiger charge is -2.19. The highest BCUT2D eigenvalue weighted by Crippen LogP contribution is 2.35. The molecule has 0 aromatic heterocycles. The van der Waals surface area contributed by atoms with E-state index in [1.165, 1.54) is 0 Å². The molecule has 0 amide bonds. The Kier molecular flexibility index (Phi) is 2.69. The Bertz CT molecular complexity index is 358. The number of alkyl halides is 3. The third-order valence-corrected chi connectivity index (χ3v) is 2.91. The fourth-order valence-electron chi connectivity index (χ4n) is 1.95. The molecule has 0 aliphatic carbocycles. The lowest BCUT2D eigenvalue weighted by molar-refractivity contribution is -0.168. The van der Waals surface area contributed by atoms with Gasteiger partial charge in [0.1, 0.15) is 0 Å². The maximum absolute atomic E-state index is 12.5. The van der Waals surface area contributed by atoms with E-state index >= 15 is 0 Å². The summed E-state index contributed by atoms with van der Waals surface area (Å²) in [7, 11) is 0. The second-order valence-electron chi connectivity index (χ2n) is 4.06. The van der Waals surface area contributed by atoms with Crippen molar-refractivity contribution in [2.75, 3.05) is 23.7 Å². The van der Waals surface area contributed by atoms with Gasteiger partial charge in [-0.25, -0.2) is 0 Å². The van der Waals surface area contributed by atoms with E-state index < -0.39 is 12.1 Å². The van der Waals surface area contributed by atoms with Gasteiger partial charge in [-0.2, -0.15) is 13.2 Å². The molecule has 0 spiro atoms. The van der Waals surface area contributed by atoms with Crippen LogP contribution in [0.3, 0.4) is 0 Å². The first kappa shape index (κ1) is 11.1. The number of nitrogens with zero attached hydrogens (tertiary/aromatic N) is 1. The van der Waals surface area contributed by atoms with Crippen LogP contribution >= 0.6 is 0 Å². The van der Waals surface area contributed by atoms with Crippen LogP contribution in [0.15, 0.2) is 24.3 Å². The summed E-state index contributed by atoms with van der Waals surface area (Å²) in [6.45, 7) is 0.502. The van der Waals surface area contributed by atoms with E-state index in [1.807, 2.05) is 0 Å².